The summed E-state index contributed by atoms with van der Waals surface area (Å²) >= 11 is 0. The fourth-order valence-corrected chi connectivity index (χ4v) is 3.71. The Balaban J connectivity index is 3.44. The van der Waals surface area contributed by atoms with Crippen molar-refractivity contribution in [3.05, 3.63) is 0 Å². The third-order valence-electron chi connectivity index (χ3n) is 5.52. The Morgan fingerprint density at radius 3 is 1.59 bits per heavy atom. The summed E-state index contributed by atoms with van der Waals surface area (Å²) in [7, 11) is 2.23. The average molecular weight is 389 g/mol. The first kappa shape index (κ1) is 26.8. The lowest BCUT2D eigenvalue weighted by Gasteiger charge is -2.34. The molecule has 0 amide bonds. The molecule has 0 bridgehead atoms. The number of unbranched alkanes of at least 4 members (excludes halogenated alkanes) is 7. The van der Waals surface area contributed by atoms with Gasteiger partial charge >= 0.3 is 0 Å². The minimum atomic E-state index is 0.251. The largest absolute Gasteiger partial charge is 0.396 e. The summed E-state index contributed by atoms with van der Waals surface area (Å²) < 4.78 is 6.74. The van der Waals surface area contributed by atoms with E-state index in [1.54, 1.807) is 0 Å². The molecule has 0 saturated heterocycles. The highest BCUT2D eigenvalue weighted by atomic mass is 16.5. The molecule has 0 aliphatic heterocycles. The molecule has 0 saturated carbocycles. The Morgan fingerprint density at radius 2 is 1.07 bits per heavy atom. The lowest BCUT2D eigenvalue weighted by Crippen LogP contribution is -2.47. The number of hydrogen-bond donors (Lipinski definition) is 2. The summed E-state index contributed by atoms with van der Waals surface area (Å²) in [5.41, 5.74) is 0. The van der Waals surface area contributed by atoms with Crippen molar-refractivity contribution < 1.29 is 19.4 Å². The first-order valence-corrected chi connectivity index (χ1v) is 11.7. The van der Waals surface area contributed by atoms with Crippen LogP contribution in [0.3, 0.4) is 0 Å². The number of nitrogens with zero attached hydrogens (tertiary/aromatic N) is 1. The Hall–Kier alpha value is -0.160. The highest BCUT2D eigenvalue weighted by Gasteiger charge is 2.19. The predicted octanol–water partition coefficient (Wildman–Crippen LogP) is 4.77. The monoisotopic (exact) mass is 388 g/mol. The van der Waals surface area contributed by atoms with E-state index >= 15 is 0 Å². The van der Waals surface area contributed by atoms with Crippen LogP contribution in [0.15, 0.2) is 0 Å². The maximum absolute atomic E-state index is 9.07. The Bertz CT molecular complexity index is 289. The second kappa shape index (κ2) is 19.2. The van der Waals surface area contributed by atoms with Crippen molar-refractivity contribution in [2.75, 3.05) is 53.1 Å². The number of aliphatic hydroxyl groups is 2. The van der Waals surface area contributed by atoms with E-state index in [1.165, 1.54) is 57.8 Å². The molecule has 0 radical (unpaired) electrons. The van der Waals surface area contributed by atoms with Gasteiger partial charge in [-0.2, -0.15) is 0 Å². The summed E-state index contributed by atoms with van der Waals surface area (Å²) in [6.07, 6.45) is 15.0. The molecule has 0 unspecified atom stereocenters. The molecule has 0 aliphatic rings. The van der Waals surface area contributed by atoms with Crippen LogP contribution in [-0.4, -0.2) is 67.8 Å². The second-order valence-corrected chi connectivity index (χ2v) is 8.92. The second-order valence-electron chi connectivity index (χ2n) is 8.92. The van der Waals surface area contributed by atoms with E-state index in [1.807, 2.05) is 0 Å². The molecule has 0 aliphatic carbocycles. The van der Waals surface area contributed by atoms with Gasteiger partial charge in [-0.25, -0.2) is 0 Å². The summed E-state index contributed by atoms with van der Waals surface area (Å²) in [6, 6.07) is 0. The van der Waals surface area contributed by atoms with E-state index in [2.05, 4.69) is 20.9 Å². The number of aliphatic hydroxyl groups excluding tert-OH is 2. The molecular formula is C23H50NO3+. The molecule has 2 N–H and O–H groups in total. The minimum absolute atomic E-state index is 0.251. The van der Waals surface area contributed by atoms with Crippen molar-refractivity contribution in [2.45, 2.75) is 90.9 Å². The van der Waals surface area contributed by atoms with Gasteiger partial charge in [0.15, 0.2) is 0 Å². The zero-order valence-corrected chi connectivity index (χ0v) is 18.8. The van der Waals surface area contributed by atoms with E-state index < -0.39 is 0 Å². The zero-order chi connectivity index (χ0) is 20.2. The lowest BCUT2D eigenvalue weighted by atomic mass is 10.0. The lowest BCUT2D eigenvalue weighted by molar-refractivity contribution is -0.910. The smallest absolute Gasteiger partial charge is 0.0806 e. The van der Waals surface area contributed by atoms with Gasteiger partial charge in [-0.05, 0) is 12.3 Å². The highest BCUT2D eigenvalue weighted by molar-refractivity contribution is 4.50. The number of hydrogen-bond acceptors (Lipinski definition) is 3. The zero-order valence-electron chi connectivity index (χ0n) is 18.8. The maximum Gasteiger partial charge on any atom is 0.0806 e. The van der Waals surface area contributed by atoms with E-state index in [9.17, 15) is 0 Å². The fraction of sp³-hybridized carbons (Fsp3) is 1.00. The Labute approximate surface area is 169 Å². The minimum Gasteiger partial charge on any atom is -0.396 e. The third kappa shape index (κ3) is 18.9. The molecule has 0 atom stereocenters. The predicted molar refractivity (Wildman–Crippen MR) is 116 cm³/mol. The van der Waals surface area contributed by atoms with E-state index in [4.69, 9.17) is 14.9 Å². The third-order valence-corrected chi connectivity index (χ3v) is 5.52. The SMILES string of the molecule is CC(C)CCCCCCCCCCOCCC[N+](C)(CCCO)CCCO. The van der Waals surface area contributed by atoms with Crippen LogP contribution >= 0.6 is 0 Å². The Kier molecular flexibility index (Phi) is 19.1. The van der Waals surface area contributed by atoms with E-state index in [0.717, 1.165) is 62.5 Å². The quantitative estimate of drug-likeness (QED) is 0.220. The molecule has 0 aromatic rings. The molecule has 27 heavy (non-hydrogen) atoms. The van der Waals surface area contributed by atoms with Gasteiger partial charge in [0.2, 0.25) is 0 Å². The van der Waals surface area contributed by atoms with Crippen LogP contribution in [0.4, 0.5) is 0 Å². The van der Waals surface area contributed by atoms with Crippen molar-refractivity contribution in [1.82, 2.24) is 0 Å². The van der Waals surface area contributed by atoms with Crippen LogP contribution in [0.2, 0.25) is 0 Å². The van der Waals surface area contributed by atoms with Gasteiger partial charge in [0.25, 0.3) is 0 Å². The molecule has 0 spiro atoms. The molecule has 4 nitrogen and oxygen atoms in total. The molecule has 164 valence electrons. The average Bonchev–Trinajstić information content (AvgIpc) is 2.65. The van der Waals surface area contributed by atoms with Crippen molar-refractivity contribution in [2.24, 2.45) is 5.92 Å². The number of ether oxygens (including phenoxy) is 1. The first-order valence-electron chi connectivity index (χ1n) is 11.7. The van der Waals surface area contributed by atoms with Gasteiger partial charge in [-0.15, -0.1) is 0 Å². The molecule has 0 aromatic heterocycles. The van der Waals surface area contributed by atoms with Crippen LogP contribution in [0.5, 0.6) is 0 Å². The summed E-state index contributed by atoms with van der Waals surface area (Å²) in [6.45, 7) is 9.89. The van der Waals surface area contributed by atoms with Crippen LogP contribution in [0.1, 0.15) is 90.9 Å². The molecule has 0 aromatic carbocycles. The number of rotatable bonds is 21. The fourth-order valence-electron chi connectivity index (χ4n) is 3.71. The van der Waals surface area contributed by atoms with Crippen LogP contribution in [0.25, 0.3) is 0 Å². The van der Waals surface area contributed by atoms with Crippen LogP contribution < -0.4 is 0 Å². The Morgan fingerprint density at radius 1 is 0.630 bits per heavy atom. The number of quaternary nitrogens is 1. The van der Waals surface area contributed by atoms with Crippen molar-refractivity contribution in [1.29, 1.82) is 0 Å². The highest BCUT2D eigenvalue weighted by Crippen LogP contribution is 2.12. The maximum atomic E-state index is 9.07. The van der Waals surface area contributed by atoms with Gasteiger partial charge in [-0.1, -0.05) is 65.2 Å². The standard InChI is InChI=1S/C23H50NO3/c1-23(2)15-10-8-6-4-5-7-9-11-21-27-22-14-18-24(3,16-12-19-25)17-13-20-26/h23,25-26H,4-22H2,1-3H3/q+1. The van der Waals surface area contributed by atoms with Crippen LogP contribution in [-0.2, 0) is 4.74 Å². The van der Waals surface area contributed by atoms with E-state index in [-0.39, 0.29) is 13.2 Å². The summed E-state index contributed by atoms with van der Waals surface area (Å²) in [5.74, 6) is 0.860. The molecule has 0 fully saturated rings. The molecular weight excluding hydrogens is 338 g/mol. The molecule has 0 heterocycles. The van der Waals surface area contributed by atoms with Crippen molar-refractivity contribution in [3.63, 3.8) is 0 Å². The first-order chi connectivity index (χ1) is 13.0. The normalized spacial score (nSPS) is 12.2. The van der Waals surface area contributed by atoms with Crippen molar-refractivity contribution >= 4 is 0 Å². The van der Waals surface area contributed by atoms with Gasteiger partial charge < -0.3 is 19.4 Å². The molecule has 0 rings (SSSR count). The van der Waals surface area contributed by atoms with Gasteiger partial charge in [-0.3, -0.25) is 0 Å². The van der Waals surface area contributed by atoms with Gasteiger partial charge in [0.05, 0.1) is 33.3 Å². The topological polar surface area (TPSA) is 49.7 Å². The van der Waals surface area contributed by atoms with Gasteiger partial charge in [0.1, 0.15) is 0 Å². The van der Waals surface area contributed by atoms with Crippen LogP contribution in [0, 0.1) is 5.92 Å². The molecule has 4 heteroatoms. The summed E-state index contributed by atoms with van der Waals surface area (Å²) in [5, 5.41) is 18.1. The van der Waals surface area contributed by atoms with Gasteiger partial charge in [0, 0.05) is 39.1 Å². The summed E-state index contributed by atoms with van der Waals surface area (Å²) in [4.78, 5) is 0. The van der Waals surface area contributed by atoms with Crippen molar-refractivity contribution in [3.8, 4) is 0 Å². The van der Waals surface area contributed by atoms with E-state index in [0.29, 0.717) is 0 Å².